The average Bonchev–Trinajstić information content (AvgIpc) is 2.11. The average molecular weight is 184 g/mol. The van der Waals surface area contributed by atoms with Crippen LogP contribution in [0.4, 0.5) is 0 Å². The van der Waals surface area contributed by atoms with Crippen LogP contribution in [-0.4, -0.2) is 27.7 Å². The van der Waals surface area contributed by atoms with Gasteiger partial charge in [-0.3, -0.25) is 4.79 Å². The van der Waals surface area contributed by atoms with Crippen molar-refractivity contribution < 1.29 is 15.0 Å². The highest BCUT2D eigenvalue weighted by molar-refractivity contribution is 5.89. The zero-order valence-corrected chi connectivity index (χ0v) is 8.03. The molecule has 0 fully saturated rings. The Bertz CT molecular complexity index is 234. The van der Waals surface area contributed by atoms with Crippen LogP contribution in [0, 0.1) is 5.92 Å². The minimum Gasteiger partial charge on any atom is -0.389 e. The van der Waals surface area contributed by atoms with Crippen molar-refractivity contribution in [3.05, 3.63) is 12.2 Å². The Morgan fingerprint density at radius 2 is 2.31 bits per heavy atom. The summed E-state index contributed by atoms with van der Waals surface area (Å²) in [5.74, 6) is -0.386. The Balaban J connectivity index is 2.89. The summed E-state index contributed by atoms with van der Waals surface area (Å²) in [5.41, 5.74) is -1.35. The number of hydrogen-bond donors (Lipinski definition) is 2. The summed E-state index contributed by atoms with van der Waals surface area (Å²) >= 11 is 0. The molecule has 0 aliphatic heterocycles. The minimum atomic E-state index is -1.35. The second-order valence-corrected chi connectivity index (χ2v) is 3.67. The van der Waals surface area contributed by atoms with Gasteiger partial charge in [0, 0.05) is 6.42 Å². The lowest BCUT2D eigenvalue weighted by molar-refractivity contribution is -0.138. The molecule has 0 aromatic heterocycles. The Labute approximate surface area is 78.1 Å². The number of Topliss-reactive ketones (excluding diaryl/α,β-unsaturated/α-hetero) is 1. The highest BCUT2D eigenvalue weighted by Crippen LogP contribution is 2.30. The van der Waals surface area contributed by atoms with Crippen molar-refractivity contribution in [3.8, 4) is 0 Å². The molecule has 74 valence electrons. The molecule has 0 amide bonds. The molecule has 0 saturated heterocycles. The summed E-state index contributed by atoms with van der Waals surface area (Å²) in [6.07, 6.45) is 3.16. The third-order valence-electron chi connectivity index (χ3n) is 2.69. The van der Waals surface area contributed by atoms with Gasteiger partial charge in [-0.15, -0.1) is 0 Å². The molecular formula is C10H16O3. The Morgan fingerprint density at radius 1 is 1.69 bits per heavy atom. The predicted octanol–water partition coefficient (Wildman–Crippen LogP) is 0.653. The Morgan fingerprint density at radius 3 is 2.77 bits per heavy atom. The van der Waals surface area contributed by atoms with Gasteiger partial charge in [0.15, 0.2) is 5.78 Å². The Hall–Kier alpha value is -0.670. The maximum Gasteiger partial charge on any atom is 0.168 e. The van der Waals surface area contributed by atoms with Gasteiger partial charge < -0.3 is 10.2 Å². The standard InChI is InChI=1S/C10H16O3/c1-3-9(12)10(13)5-4-8(11)6-7(10)2/h4-5,7-8,11,13H,3,6H2,1-2H3/t7-,8-,10?/m0/s1. The molecule has 13 heavy (non-hydrogen) atoms. The lowest BCUT2D eigenvalue weighted by Gasteiger charge is -2.34. The molecule has 3 atom stereocenters. The van der Waals surface area contributed by atoms with E-state index in [0.29, 0.717) is 12.8 Å². The fraction of sp³-hybridized carbons (Fsp3) is 0.700. The summed E-state index contributed by atoms with van der Waals surface area (Å²) in [5, 5.41) is 19.2. The maximum absolute atomic E-state index is 11.4. The van der Waals surface area contributed by atoms with Crippen LogP contribution in [0.2, 0.25) is 0 Å². The van der Waals surface area contributed by atoms with Crippen LogP contribution in [0.1, 0.15) is 26.7 Å². The first-order valence-corrected chi connectivity index (χ1v) is 4.63. The molecular weight excluding hydrogens is 168 g/mol. The molecule has 1 aliphatic carbocycles. The quantitative estimate of drug-likeness (QED) is 0.620. The van der Waals surface area contributed by atoms with Gasteiger partial charge in [0.25, 0.3) is 0 Å². The first-order valence-electron chi connectivity index (χ1n) is 4.63. The third-order valence-corrected chi connectivity index (χ3v) is 2.69. The molecule has 1 unspecified atom stereocenters. The van der Waals surface area contributed by atoms with Crippen molar-refractivity contribution in [2.24, 2.45) is 5.92 Å². The molecule has 1 aliphatic rings. The highest BCUT2D eigenvalue weighted by atomic mass is 16.3. The number of rotatable bonds is 2. The lowest BCUT2D eigenvalue weighted by Crippen LogP contribution is -2.46. The van der Waals surface area contributed by atoms with Crippen LogP contribution in [0.25, 0.3) is 0 Å². The number of hydrogen-bond acceptors (Lipinski definition) is 3. The Kier molecular flexibility index (Phi) is 2.88. The summed E-state index contributed by atoms with van der Waals surface area (Å²) in [6.45, 7) is 3.51. The molecule has 0 radical (unpaired) electrons. The predicted molar refractivity (Wildman–Crippen MR) is 49.2 cm³/mol. The molecule has 0 aromatic rings. The zero-order valence-electron chi connectivity index (χ0n) is 8.03. The summed E-state index contributed by atoms with van der Waals surface area (Å²) < 4.78 is 0. The number of carbonyl (C=O) groups is 1. The second kappa shape index (κ2) is 3.60. The van der Waals surface area contributed by atoms with Crippen molar-refractivity contribution in [1.82, 2.24) is 0 Å². The topological polar surface area (TPSA) is 57.5 Å². The summed E-state index contributed by atoms with van der Waals surface area (Å²) in [4.78, 5) is 11.4. The number of aliphatic hydroxyl groups is 2. The van der Waals surface area contributed by atoms with E-state index in [1.165, 1.54) is 12.2 Å². The van der Waals surface area contributed by atoms with Crippen molar-refractivity contribution in [2.45, 2.75) is 38.4 Å². The largest absolute Gasteiger partial charge is 0.389 e. The van der Waals surface area contributed by atoms with Crippen LogP contribution in [0.5, 0.6) is 0 Å². The van der Waals surface area contributed by atoms with Gasteiger partial charge in [0.05, 0.1) is 6.10 Å². The SMILES string of the molecule is CCC(=O)C1(O)C=C[C@H](O)C[C@@H]1C. The smallest absolute Gasteiger partial charge is 0.168 e. The minimum absolute atomic E-state index is 0.178. The first-order chi connectivity index (χ1) is 6.00. The van der Waals surface area contributed by atoms with Gasteiger partial charge in [-0.05, 0) is 18.4 Å². The van der Waals surface area contributed by atoms with Gasteiger partial charge in [0.1, 0.15) is 5.60 Å². The van der Waals surface area contributed by atoms with Crippen LogP contribution in [0.3, 0.4) is 0 Å². The van der Waals surface area contributed by atoms with E-state index in [1.54, 1.807) is 13.8 Å². The van der Waals surface area contributed by atoms with Gasteiger partial charge >= 0.3 is 0 Å². The first kappa shape index (κ1) is 10.4. The van der Waals surface area contributed by atoms with Crippen LogP contribution >= 0.6 is 0 Å². The van der Waals surface area contributed by atoms with Gasteiger partial charge in [-0.2, -0.15) is 0 Å². The van der Waals surface area contributed by atoms with E-state index in [-0.39, 0.29) is 11.7 Å². The molecule has 3 nitrogen and oxygen atoms in total. The molecule has 0 saturated carbocycles. The van der Waals surface area contributed by atoms with E-state index >= 15 is 0 Å². The highest BCUT2D eigenvalue weighted by Gasteiger charge is 2.40. The van der Waals surface area contributed by atoms with E-state index in [1.807, 2.05) is 0 Å². The number of ketones is 1. The monoisotopic (exact) mass is 184 g/mol. The number of aliphatic hydroxyl groups excluding tert-OH is 1. The molecule has 1 rings (SSSR count). The summed E-state index contributed by atoms with van der Waals surface area (Å²) in [6, 6.07) is 0. The normalized spacial score (nSPS) is 39.1. The van der Waals surface area contributed by atoms with Gasteiger partial charge in [-0.1, -0.05) is 19.9 Å². The van der Waals surface area contributed by atoms with E-state index in [4.69, 9.17) is 0 Å². The number of carbonyl (C=O) groups excluding carboxylic acids is 1. The van der Waals surface area contributed by atoms with Gasteiger partial charge in [-0.25, -0.2) is 0 Å². The molecule has 2 N–H and O–H groups in total. The van der Waals surface area contributed by atoms with Gasteiger partial charge in [0.2, 0.25) is 0 Å². The van der Waals surface area contributed by atoms with Crippen LogP contribution in [-0.2, 0) is 4.79 Å². The van der Waals surface area contributed by atoms with Crippen molar-refractivity contribution in [2.75, 3.05) is 0 Å². The van der Waals surface area contributed by atoms with Crippen LogP contribution in [0.15, 0.2) is 12.2 Å². The van der Waals surface area contributed by atoms with E-state index in [0.717, 1.165) is 0 Å². The maximum atomic E-state index is 11.4. The molecule has 0 bridgehead atoms. The third kappa shape index (κ3) is 1.81. The van der Waals surface area contributed by atoms with Crippen LogP contribution < -0.4 is 0 Å². The van der Waals surface area contributed by atoms with E-state index < -0.39 is 11.7 Å². The lowest BCUT2D eigenvalue weighted by atomic mass is 9.77. The molecule has 0 spiro atoms. The fourth-order valence-electron chi connectivity index (χ4n) is 1.69. The second-order valence-electron chi connectivity index (χ2n) is 3.67. The summed E-state index contributed by atoms with van der Waals surface area (Å²) in [7, 11) is 0. The van der Waals surface area contributed by atoms with E-state index in [9.17, 15) is 15.0 Å². The zero-order chi connectivity index (χ0) is 10.1. The van der Waals surface area contributed by atoms with Crippen molar-refractivity contribution in [1.29, 1.82) is 0 Å². The molecule has 0 aromatic carbocycles. The fourth-order valence-corrected chi connectivity index (χ4v) is 1.69. The van der Waals surface area contributed by atoms with Crippen molar-refractivity contribution in [3.63, 3.8) is 0 Å². The molecule has 0 heterocycles. The molecule has 3 heteroatoms. The van der Waals surface area contributed by atoms with E-state index in [2.05, 4.69) is 0 Å². The van der Waals surface area contributed by atoms with Crippen molar-refractivity contribution >= 4 is 5.78 Å².